The number of likely N-dealkylation sites (N-methyl/N-ethyl adjacent to an activating group) is 1. The van der Waals surface area contributed by atoms with Gasteiger partial charge in [-0.3, -0.25) is 24.9 Å². The van der Waals surface area contributed by atoms with E-state index in [1.54, 1.807) is 41.5 Å². The summed E-state index contributed by atoms with van der Waals surface area (Å²) in [4.78, 5) is 48.0. The molecule has 4 aromatic rings. The van der Waals surface area contributed by atoms with Crippen molar-refractivity contribution in [2.45, 2.75) is 32.4 Å². The number of para-hydroxylation sites is 1. The summed E-state index contributed by atoms with van der Waals surface area (Å²) < 4.78 is 5.76. The van der Waals surface area contributed by atoms with Gasteiger partial charge in [0.05, 0.1) is 15.4 Å². The number of hydrogen-bond donors (Lipinski definition) is 2. The summed E-state index contributed by atoms with van der Waals surface area (Å²) in [6.45, 7) is 5.71. The predicted octanol–water partition coefficient (Wildman–Crippen LogP) is 5.76. The lowest BCUT2D eigenvalue weighted by atomic mass is 10.0. The Morgan fingerprint density at radius 3 is 2.30 bits per heavy atom. The van der Waals surface area contributed by atoms with Gasteiger partial charge in [-0.05, 0) is 61.2 Å². The predicted molar refractivity (Wildman–Crippen MR) is 181 cm³/mol. The van der Waals surface area contributed by atoms with E-state index in [9.17, 15) is 14.4 Å². The number of aromatic nitrogens is 1. The lowest BCUT2D eigenvalue weighted by molar-refractivity contribution is 0.0540. The van der Waals surface area contributed by atoms with Crippen molar-refractivity contribution in [2.24, 2.45) is 0 Å². The van der Waals surface area contributed by atoms with Crippen LogP contribution in [-0.4, -0.2) is 83.6 Å². The van der Waals surface area contributed by atoms with Gasteiger partial charge >= 0.3 is 6.09 Å². The highest BCUT2D eigenvalue weighted by Gasteiger charge is 2.24. The minimum atomic E-state index is -0.451. The molecular formula is C35H40N6O4S. The summed E-state index contributed by atoms with van der Waals surface area (Å²) in [7, 11) is 1.78. The molecule has 5 rings (SSSR count). The van der Waals surface area contributed by atoms with Crippen LogP contribution in [0.2, 0.25) is 0 Å². The molecule has 0 aliphatic carbocycles. The summed E-state index contributed by atoms with van der Waals surface area (Å²) in [6, 6.07) is 24.8. The molecular weight excluding hydrogens is 600 g/mol. The molecule has 0 saturated carbocycles. The molecule has 1 saturated heterocycles. The molecule has 3 heterocycles. The molecule has 1 aliphatic rings. The van der Waals surface area contributed by atoms with Crippen molar-refractivity contribution in [2.75, 3.05) is 45.1 Å². The van der Waals surface area contributed by atoms with Gasteiger partial charge in [-0.25, -0.2) is 10.2 Å². The molecule has 46 heavy (non-hydrogen) atoms. The van der Waals surface area contributed by atoms with E-state index in [0.717, 1.165) is 42.6 Å². The highest BCUT2D eigenvalue weighted by molar-refractivity contribution is 7.15. The Morgan fingerprint density at radius 2 is 1.59 bits per heavy atom. The summed E-state index contributed by atoms with van der Waals surface area (Å²) >= 11 is 1.21. The molecule has 0 atom stereocenters. The van der Waals surface area contributed by atoms with Gasteiger partial charge in [0.1, 0.15) is 6.10 Å². The number of pyridine rings is 1. The standard InChI is InChI=1S/C35H40N6O4S/c1-3-41(37-25-26-15-19-36-20-16-26)34(43)32-14-13-31(46-32)33(42)39(2)23-24-40-21-17-28(18-22-40)45-35(44)38-30-12-8-7-11-29(30)27-9-5-4-6-10-27/h4-16,19-20,28,37H,3,17-18,21-25H2,1-2H3,(H,38,44). The van der Waals surface area contributed by atoms with Crippen LogP contribution in [0.15, 0.2) is 91.3 Å². The summed E-state index contributed by atoms with van der Waals surface area (Å²) in [5.74, 6) is -0.273. The average molecular weight is 641 g/mol. The normalized spacial score (nSPS) is 13.6. The van der Waals surface area contributed by atoms with Crippen LogP contribution < -0.4 is 10.7 Å². The highest BCUT2D eigenvalue weighted by atomic mass is 32.1. The first kappa shape index (κ1) is 32.8. The number of rotatable bonds is 12. The van der Waals surface area contributed by atoms with Crippen LogP contribution in [0.5, 0.6) is 0 Å². The first-order valence-corrected chi connectivity index (χ1v) is 16.4. The second-order valence-electron chi connectivity index (χ2n) is 11.1. The number of hydrazine groups is 1. The van der Waals surface area contributed by atoms with E-state index >= 15 is 0 Å². The van der Waals surface area contributed by atoms with Crippen LogP contribution in [0.4, 0.5) is 10.5 Å². The van der Waals surface area contributed by atoms with Gasteiger partial charge in [0.25, 0.3) is 11.8 Å². The Bertz CT molecular complexity index is 1590. The van der Waals surface area contributed by atoms with E-state index in [4.69, 9.17) is 4.74 Å². The second kappa shape index (κ2) is 16.1. The van der Waals surface area contributed by atoms with Crippen LogP contribution in [0.25, 0.3) is 11.1 Å². The number of amides is 3. The van der Waals surface area contributed by atoms with Crippen molar-refractivity contribution in [1.82, 2.24) is 25.2 Å². The van der Waals surface area contributed by atoms with Crippen molar-refractivity contribution in [3.63, 3.8) is 0 Å². The lowest BCUT2D eigenvalue weighted by Gasteiger charge is -2.32. The Balaban J connectivity index is 1.04. The quantitative estimate of drug-likeness (QED) is 0.190. The van der Waals surface area contributed by atoms with Crippen LogP contribution in [0.1, 0.15) is 44.7 Å². The fourth-order valence-corrected chi connectivity index (χ4v) is 6.25. The maximum atomic E-state index is 13.1. The zero-order chi connectivity index (χ0) is 32.3. The fourth-order valence-electron chi connectivity index (χ4n) is 5.30. The maximum absolute atomic E-state index is 13.1. The van der Waals surface area contributed by atoms with Crippen molar-refractivity contribution in [3.05, 3.63) is 107 Å². The van der Waals surface area contributed by atoms with Gasteiger partial charge in [0, 0.05) is 64.3 Å². The van der Waals surface area contributed by atoms with Crippen LogP contribution in [-0.2, 0) is 11.3 Å². The number of thiophene rings is 1. The number of piperidine rings is 1. The zero-order valence-electron chi connectivity index (χ0n) is 26.2. The Labute approximate surface area is 274 Å². The third kappa shape index (κ3) is 8.78. The molecule has 0 radical (unpaired) electrons. The largest absolute Gasteiger partial charge is 0.446 e. The summed E-state index contributed by atoms with van der Waals surface area (Å²) in [6.07, 6.45) is 4.27. The number of hydrogen-bond acceptors (Lipinski definition) is 8. The first-order valence-electron chi connectivity index (χ1n) is 15.5. The number of nitrogens with one attached hydrogen (secondary N) is 2. The second-order valence-corrected chi connectivity index (χ2v) is 12.2. The third-order valence-corrected chi connectivity index (χ3v) is 9.03. The van der Waals surface area contributed by atoms with Crippen molar-refractivity contribution >= 4 is 34.9 Å². The Hall–Kier alpha value is -4.58. The lowest BCUT2D eigenvalue weighted by Crippen LogP contribution is -2.42. The molecule has 0 spiro atoms. The first-order chi connectivity index (χ1) is 22.4. The molecule has 2 N–H and O–H groups in total. The number of carbonyl (C=O) groups excluding carboxylic acids is 3. The smallest absolute Gasteiger partial charge is 0.411 e. The number of likely N-dealkylation sites (tertiary alicyclic amines) is 1. The minimum Gasteiger partial charge on any atom is -0.446 e. The molecule has 2 aromatic heterocycles. The van der Waals surface area contributed by atoms with E-state index in [0.29, 0.717) is 41.6 Å². The van der Waals surface area contributed by atoms with E-state index in [1.807, 2.05) is 73.7 Å². The van der Waals surface area contributed by atoms with Gasteiger partial charge in [0.2, 0.25) is 0 Å². The molecule has 1 aliphatic heterocycles. The van der Waals surface area contributed by atoms with Gasteiger partial charge in [0.15, 0.2) is 0 Å². The minimum absolute atomic E-state index is 0.109. The molecule has 1 fully saturated rings. The van der Waals surface area contributed by atoms with Crippen molar-refractivity contribution in [3.8, 4) is 11.1 Å². The number of nitrogens with zero attached hydrogens (tertiary/aromatic N) is 4. The van der Waals surface area contributed by atoms with Crippen LogP contribution in [0.3, 0.4) is 0 Å². The summed E-state index contributed by atoms with van der Waals surface area (Å²) in [5.41, 5.74) is 6.87. The number of anilines is 1. The van der Waals surface area contributed by atoms with Crippen molar-refractivity contribution < 1.29 is 19.1 Å². The third-order valence-electron chi connectivity index (χ3n) is 7.97. The average Bonchev–Trinajstić information content (AvgIpc) is 3.59. The Morgan fingerprint density at radius 1 is 0.913 bits per heavy atom. The van der Waals surface area contributed by atoms with E-state index < -0.39 is 6.09 Å². The molecule has 3 amide bonds. The van der Waals surface area contributed by atoms with Gasteiger partial charge < -0.3 is 14.5 Å². The topological polar surface area (TPSA) is 107 Å². The van der Waals surface area contributed by atoms with E-state index in [2.05, 4.69) is 20.6 Å². The van der Waals surface area contributed by atoms with E-state index in [1.165, 1.54) is 11.3 Å². The molecule has 0 bridgehead atoms. The highest BCUT2D eigenvalue weighted by Crippen LogP contribution is 2.28. The molecule has 0 unspecified atom stereocenters. The van der Waals surface area contributed by atoms with Gasteiger partial charge in [-0.2, -0.15) is 0 Å². The zero-order valence-corrected chi connectivity index (χ0v) is 27.0. The van der Waals surface area contributed by atoms with Crippen molar-refractivity contribution in [1.29, 1.82) is 0 Å². The number of benzene rings is 2. The number of ether oxygens (including phenoxy) is 1. The molecule has 240 valence electrons. The number of carbonyl (C=O) groups is 3. The van der Waals surface area contributed by atoms with Crippen LogP contribution >= 0.6 is 11.3 Å². The SMILES string of the molecule is CCN(NCc1ccncc1)C(=O)c1ccc(C(=O)N(C)CCN2CCC(OC(=O)Nc3ccccc3-c3ccccc3)CC2)s1. The summed E-state index contributed by atoms with van der Waals surface area (Å²) in [5, 5.41) is 4.48. The fraction of sp³-hybridized carbons (Fsp3) is 0.314. The molecule has 10 nitrogen and oxygen atoms in total. The molecule has 11 heteroatoms. The maximum Gasteiger partial charge on any atom is 0.411 e. The monoisotopic (exact) mass is 640 g/mol. The molecule has 2 aromatic carbocycles. The van der Waals surface area contributed by atoms with Gasteiger partial charge in [-0.15, -0.1) is 11.3 Å². The van der Waals surface area contributed by atoms with Gasteiger partial charge in [-0.1, -0.05) is 48.5 Å². The van der Waals surface area contributed by atoms with Crippen LogP contribution in [0, 0.1) is 0 Å². The Kier molecular flexibility index (Phi) is 11.5. The van der Waals surface area contributed by atoms with E-state index in [-0.39, 0.29) is 17.9 Å².